The molecule has 0 radical (unpaired) electrons. The molecule has 6 heteroatoms. The Hall–Kier alpha value is -2.89. The fraction of sp³-hybridized carbons (Fsp3) is 0.350. The van der Waals surface area contributed by atoms with E-state index in [1.807, 2.05) is 44.3 Å². The number of nitrogens with one attached hydrogen (secondary N) is 1. The minimum atomic E-state index is -0.190. The van der Waals surface area contributed by atoms with Crippen molar-refractivity contribution in [2.24, 2.45) is 5.92 Å². The van der Waals surface area contributed by atoms with Crippen molar-refractivity contribution in [2.45, 2.75) is 33.6 Å². The molecule has 136 valence electrons. The molecule has 6 nitrogen and oxygen atoms in total. The van der Waals surface area contributed by atoms with E-state index in [-0.39, 0.29) is 11.5 Å². The summed E-state index contributed by atoms with van der Waals surface area (Å²) in [6, 6.07) is 7.70. The molecule has 0 fully saturated rings. The quantitative estimate of drug-likeness (QED) is 0.764. The number of benzene rings is 1. The molecule has 0 spiro atoms. The van der Waals surface area contributed by atoms with E-state index in [4.69, 9.17) is 4.74 Å². The minimum absolute atomic E-state index is 0.0571. The second kappa shape index (κ2) is 7.15. The molecule has 0 unspecified atom stereocenters. The van der Waals surface area contributed by atoms with Crippen molar-refractivity contribution in [3.63, 3.8) is 0 Å². The third kappa shape index (κ3) is 3.40. The van der Waals surface area contributed by atoms with Gasteiger partial charge in [-0.05, 0) is 24.0 Å². The molecule has 26 heavy (non-hydrogen) atoms. The van der Waals surface area contributed by atoms with Gasteiger partial charge in [-0.15, -0.1) is 0 Å². The largest absolute Gasteiger partial charge is 0.480 e. The number of aromatic amines is 1. The van der Waals surface area contributed by atoms with Gasteiger partial charge < -0.3 is 9.72 Å². The number of para-hydroxylation sites is 1. The van der Waals surface area contributed by atoms with Crippen LogP contribution in [0.25, 0.3) is 10.9 Å². The number of hydrogen-bond acceptors (Lipinski definition) is 4. The second-order valence-electron chi connectivity index (χ2n) is 6.84. The van der Waals surface area contributed by atoms with Crippen LogP contribution in [0.3, 0.4) is 0 Å². The third-order valence-corrected chi connectivity index (χ3v) is 4.32. The fourth-order valence-corrected chi connectivity index (χ4v) is 3.16. The summed E-state index contributed by atoms with van der Waals surface area (Å²) in [7, 11) is 1.54. The maximum absolute atomic E-state index is 12.4. The molecule has 1 N–H and O–H groups in total. The normalized spacial score (nSPS) is 11.3. The van der Waals surface area contributed by atoms with Crippen LogP contribution in [0, 0.1) is 5.92 Å². The third-order valence-electron chi connectivity index (χ3n) is 4.32. The van der Waals surface area contributed by atoms with Crippen molar-refractivity contribution >= 4 is 16.8 Å². The average Bonchev–Trinajstić information content (AvgIpc) is 2.96. The monoisotopic (exact) mass is 353 g/mol. The summed E-state index contributed by atoms with van der Waals surface area (Å²) in [4.78, 5) is 31.6. The van der Waals surface area contributed by atoms with E-state index < -0.39 is 0 Å². The van der Waals surface area contributed by atoms with Gasteiger partial charge in [0.1, 0.15) is 5.69 Å². The van der Waals surface area contributed by atoms with E-state index in [1.165, 1.54) is 6.92 Å². The standard InChI is InChI=1S/C20H23N3O3/c1-12(2)9-16-19(25)21-17(20(22-16)26-4)10-14-11-23(13(3)24)18-8-6-5-7-15(14)18/h5-8,11-12H,9-10H2,1-4H3,(H,21,25). The van der Waals surface area contributed by atoms with Gasteiger partial charge in [0, 0.05) is 24.9 Å². The van der Waals surface area contributed by atoms with Gasteiger partial charge in [-0.1, -0.05) is 32.0 Å². The van der Waals surface area contributed by atoms with Crippen LogP contribution in [0.5, 0.6) is 5.88 Å². The van der Waals surface area contributed by atoms with Gasteiger partial charge >= 0.3 is 0 Å². The molecule has 0 saturated carbocycles. The Labute approximate surface area is 151 Å². The molecule has 0 aliphatic carbocycles. The Bertz CT molecular complexity index is 1010. The lowest BCUT2D eigenvalue weighted by Gasteiger charge is -2.10. The molecule has 1 aromatic carbocycles. The zero-order chi connectivity index (χ0) is 18.8. The van der Waals surface area contributed by atoms with Crippen LogP contribution in [0.1, 0.15) is 42.5 Å². The van der Waals surface area contributed by atoms with Crippen LogP contribution in [0.2, 0.25) is 0 Å². The number of carbonyl (C=O) groups is 1. The van der Waals surface area contributed by atoms with E-state index in [9.17, 15) is 9.59 Å². The lowest BCUT2D eigenvalue weighted by molar-refractivity contribution is 0.0941. The molecular formula is C20H23N3O3. The number of methoxy groups -OCH3 is 1. The molecule has 3 aromatic rings. The van der Waals surface area contributed by atoms with Crippen molar-refractivity contribution in [1.29, 1.82) is 0 Å². The molecule has 0 aliphatic heterocycles. The van der Waals surface area contributed by atoms with Crippen LogP contribution in [-0.4, -0.2) is 27.6 Å². The maximum atomic E-state index is 12.4. The van der Waals surface area contributed by atoms with Crippen LogP contribution < -0.4 is 10.3 Å². The number of carbonyl (C=O) groups excluding carboxylic acids is 1. The summed E-state index contributed by atoms with van der Waals surface area (Å²) in [5.41, 5.74) is 2.68. The zero-order valence-electron chi connectivity index (χ0n) is 15.5. The van der Waals surface area contributed by atoms with Crippen LogP contribution in [0.15, 0.2) is 35.3 Å². The summed E-state index contributed by atoms with van der Waals surface area (Å²) in [5.74, 6) is 0.686. The average molecular weight is 353 g/mol. The van der Waals surface area contributed by atoms with E-state index in [2.05, 4.69) is 9.97 Å². The summed E-state index contributed by atoms with van der Waals surface area (Å²) >= 11 is 0. The number of fused-ring (bicyclic) bond motifs is 1. The second-order valence-corrected chi connectivity index (χ2v) is 6.84. The van der Waals surface area contributed by atoms with Gasteiger partial charge in [-0.2, -0.15) is 0 Å². The van der Waals surface area contributed by atoms with Gasteiger partial charge in [-0.3, -0.25) is 14.2 Å². The summed E-state index contributed by atoms with van der Waals surface area (Å²) < 4.78 is 7.03. The van der Waals surface area contributed by atoms with Gasteiger partial charge in [0.15, 0.2) is 0 Å². The van der Waals surface area contributed by atoms with Crippen molar-refractivity contribution in [1.82, 2.24) is 14.5 Å². The predicted octanol–water partition coefficient (Wildman–Crippen LogP) is 3.18. The number of nitrogens with zero attached hydrogens (tertiary/aromatic N) is 2. The van der Waals surface area contributed by atoms with Crippen molar-refractivity contribution in [2.75, 3.05) is 7.11 Å². The highest BCUT2D eigenvalue weighted by molar-refractivity contribution is 5.93. The number of rotatable bonds is 5. The zero-order valence-corrected chi connectivity index (χ0v) is 15.5. The molecule has 0 amide bonds. The molecule has 0 bridgehead atoms. The number of H-pyrrole nitrogens is 1. The molecule has 0 atom stereocenters. The Balaban J connectivity index is 2.07. The van der Waals surface area contributed by atoms with E-state index >= 15 is 0 Å². The molecule has 3 rings (SSSR count). The topological polar surface area (TPSA) is 77.0 Å². The van der Waals surface area contributed by atoms with E-state index in [0.717, 1.165) is 16.5 Å². The van der Waals surface area contributed by atoms with Gasteiger partial charge in [0.2, 0.25) is 11.8 Å². The smallest absolute Gasteiger partial charge is 0.270 e. The highest BCUT2D eigenvalue weighted by Gasteiger charge is 2.16. The van der Waals surface area contributed by atoms with E-state index in [0.29, 0.717) is 36.0 Å². The number of ether oxygens (including phenoxy) is 1. The number of hydrogen-bond donors (Lipinski definition) is 1. The van der Waals surface area contributed by atoms with E-state index in [1.54, 1.807) is 11.7 Å². The van der Waals surface area contributed by atoms with Gasteiger partial charge in [-0.25, -0.2) is 4.98 Å². The van der Waals surface area contributed by atoms with Crippen molar-refractivity contribution in [3.8, 4) is 5.88 Å². The number of aromatic nitrogens is 3. The minimum Gasteiger partial charge on any atom is -0.480 e. The van der Waals surface area contributed by atoms with Crippen LogP contribution in [0.4, 0.5) is 0 Å². The maximum Gasteiger partial charge on any atom is 0.270 e. The lowest BCUT2D eigenvalue weighted by Crippen LogP contribution is -2.20. The van der Waals surface area contributed by atoms with Crippen molar-refractivity contribution < 1.29 is 9.53 Å². The molecular weight excluding hydrogens is 330 g/mol. The lowest BCUT2D eigenvalue weighted by atomic mass is 10.1. The first-order valence-electron chi connectivity index (χ1n) is 8.66. The Morgan fingerprint density at radius 1 is 1.31 bits per heavy atom. The first-order valence-corrected chi connectivity index (χ1v) is 8.66. The highest BCUT2D eigenvalue weighted by atomic mass is 16.5. The predicted molar refractivity (Wildman–Crippen MR) is 101 cm³/mol. The Morgan fingerprint density at radius 2 is 2.04 bits per heavy atom. The van der Waals surface area contributed by atoms with Gasteiger partial charge in [0.25, 0.3) is 5.56 Å². The molecule has 0 saturated heterocycles. The highest BCUT2D eigenvalue weighted by Crippen LogP contribution is 2.25. The summed E-state index contributed by atoms with van der Waals surface area (Å²) in [6.07, 6.45) is 2.83. The molecule has 2 aromatic heterocycles. The Morgan fingerprint density at radius 3 is 2.69 bits per heavy atom. The van der Waals surface area contributed by atoms with Crippen LogP contribution >= 0.6 is 0 Å². The fourth-order valence-electron chi connectivity index (χ4n) is 3.16. The SMILES string of the molecule is COc1nc(CC(C)C)c(=O)[nH]c1Cc1cn(C(C)=O)c2ccccc12. The molecule has 0 aliphatic rings. The first kappa shape index (κ1) is 17.9. The summed E-state index contributed by atoms with van der Waals surface area (Å²) in [5, 5.41) is 0.969. The van der Waals surface area contributed by atoms with Crippen molar-refractivity contribution in [3.05, 3.63) is 57.8 Å². The van der Waals surface area contributed by atoms with Gasteiger partial charge in [0.05, 0.1) is 18.3 Å². The Kier molecular flexibility index (Phi) is 4.93. The van der Waals surface area contributed by atoms with Crippen LogP contribution in [-0.2, 0) is 12.8 Å². The summed E-state index contributed by atoms with van der Waals surface area (Å²) in [6.45, 7) is 5.61. The first-order chi connectivity index (χ1) is 12.4. The molecule has 2 heterocycles.